The summed E-state index contributed by atoms with van der Waals surface area (Å²) in [5.74, 6) is -0.247. The average Bonchev–Trinajstić information content (AvgIpc) is 3.51. The Morgan fingerprint density at radius 3 is 2.69 bits per heavy atom. The Bertz CT molecular complexity index is 1460. The normalized spacial score (nSPS) is 13.0. The van der Waals surface area contributed by atoms with Crippen molar-refractivity contribution < 1.29 is 19.1 Å². The van der Waals surface area contributed by atoms with Gasteiger partial charge in [-0.15, -0.1) is 11.3 Å². The van der Waals surface area contributed by atoms with Crippen LogP contribution in [0.4, 0.5) is 5.00 Å². The second-order valence-corrected chi connectivity index (χ2v) is 10.0. The van der Waals surface area contributed by atoms with Gasteiger partial charge >= 0.3 is 5.97 Å². The van der Waals surface area contributed by atoms with Gasteiger partial charge in [-0.3, -0.25) is 4.79 Å². The van der Waals surface area contributed by atoms with Gasteiger partial charge in [0, 0.05) is 17.0 Å². The Morgan fingerprint density at radius 2 is 1.89 bits per heavy atom. The Labute approximate surface area is 217 Å². The average molecular weight is 519 g/mol. The Morgan fingerprint density at radius 1 is 1.08 bits per heavy atom. The van der Waals surface area contributed by atoms with E-state index >= 15 is 0 Å². The van der Waals surface area contributed by atoms with Crippen molar-refractivity contribution in [1.82, 2.24) is 5.32 Å². The summed E-state index contributed by atoms with van der Waals surface area (Å²) in [5, 5.41) is 13.4. The number of hydrogen-bond donors (Lipinski definition) is 2. The largest absolute Gasteiger partial charge is 0.478 e. The van der Waals surface area contributed by atoms with E-state index in [1.807, 2.05) is 30.3 Å². The van der Waals surface area contributed by atoms with Gasteiger partial charge in [0.1, 0.15) is 16.5 Å². The molecule has 4 aromatic rings. The van der Waals surface area contributed by atoms with E-state index in [4.69, 9.17) is 16.0 Å². The van der Waals surface area contributed by atoms with Crippen LogP contribution in [-0.2, 0) is 19.4 Å². The Kier molecular flexibility index (Phi) is 7.02. The summed E-state index contributed by atoms with van der Waals surface area (Å²) < 4.78 is 5.89. The molecule has 0 radical (unpaired) electrons. The number of carbonyl (C=O) groups excluding carboxylic acids is 1. The molecule has 0 spiro atoms. The molecule has 1 aliphatic rings. The van der Waals surface area contributed by atoms with Crippen LogP contribution >= 0.6 is 22.9 Å². The van der Waals surface area contributed by atoms with Crippen molar-refractivity contribution in [3.8, 4) is 11.3 Å². The highest BCUT2D eigenvalue weighted by Crippen LogP contribution is 2.40. The van der Waals surface area contributed by atoms with Crippen molar-refractivity contribution in [3.63, 3.8) is 0 Å². The molecule has 0 unspecified atom stereocenters. The lowest BCUT2D eigenvalue weighted by molar-refractivity contribution is 0.0696. The van der Waals surface area contributed by atoms with Gasteiger partial charge in [0.15, 0.2) is 0 Å². The fourth-order valence-electron chi connectivity index (χ4n) is 4.28. The maximum atomic E-state index is 13.2. The van der Waals surface area contributed by atoms with Gasteiger partial charge in [-0.05, 0) is 67.1 Å². The molecule has 2 aromatic carbocycles. The fraction of sp³-hybridized carbons (Fsp3) is 0.179. The highest BCUT2D eigenvalue weighted by atomic mass is 35.5. The summed E-state index contributed by atoms with van der Waals surface area (Å²) in [6.45, 7) is 0.450. The first-order chi connectivity index (χ1) is 17.5. The van der Waals surface area contributed by atoms with Gasteiger partial charge in [-0.25, -0.2) is 9.79 Å². The molecule has 0 saturated heterocycles. The van der Waals surface area contributed by atoms with E-state index in [2.05, 4.69) is 10.3 Å². The van der Waals surface area contributed by atoms with E-state index in [1.54, 1.807) is 29.7 Å². The topological polar surface area (TPSA) is 91.9 Å². The maximum Gasteiger partial charge on any atom is 0.335 e. The van der Waals surface area contributed by atoms with E-state index in [9.17, 15) is 14.7 Å². The van der Waals surface area contributed by atoms with Gasteiger partial charge in [0.2, 0.25) is 0 Å². The predicted octanol–water partition coefficient (Wildman–Crippen LogP) is 6.92. The molecule has 0 fully saturated rings. The smallest absolute Gasteiger partial charge is 0.335 e. The van der Waals surface area contributed by atoms with Crippen LogP contribution in [0.5, 0.6) is 0 Å². The van der Waals surface area contributed by atoms with E-state index in [-0.39, 0.29) is 11.5 Å². The Balaban J connectivity index is 1.40. The number of aliphatic imine (C=N–C) groups is 1. The number of aryl methyl sites for hydroxylation is 1. The lowest BCUT2D eigenvalue weighted by atomic mass is 9.95. The second kappa shape index (κ2) is 10.5. The third-order valence-electron chi connectivity index (χ3n) is 6.09. The lowest BCUT2D eigenvalue weighted by Gasteiger charge is -2.12. The first kappa shape index (κ1) is 24.0. The van der Waals surface area contributed by atoms with E-state index in [0.717, 1.165) is 36.8 Å². The zero-order valence-electron chi connectivity index (χ0n) is 19.3. The minimum absolute atomic E-state index is 0.122. The molecule has 182 valence electrons. The number of nitrogens with zero attached hydrogens (tertiary/aromatic N) is 1. The Hall–Kier alpha value is -3.68. The summed E-state index contributed by atoms with van der Waals surface area (Å²) in [5.41, 5.74) is 3.39. The predicted molar refractivity (Wildman–Crippen MR) is 142 cm³/mol. The molecule has 0 saturated carbocycles. The van der Waals surface area contributed by atoms with Crippen molar-refractivity contribution >= 4 is 46.0 Å². The first-order valence-corrected chi connectivity index (χ1v) is 12.8. The number of thiophene rings is 1. The first-order valence-electron chi connectivity index (χ1n) is 11.6. The number of hydrogen-bond acceptors (Lipinski definition) is 5. The standard InChI is InChI=1S/C28H23ClN2O4S/c29-22-12-10-18(28(33)34)14-21(22)23-13-11-19(35-23)16-31-27-25(20-8-4-5-9-24(20)36-27)26(32)30-15-17-6-2-1-3-7-17/h1-3,6-7,10-14,16H,4-5,8-9,15H2,(H,30,32)(H,33,34). The summed E-state index contributed by atoms with van der Waals surface area (Å²) in [6, 6.07) is 17.7. The van der Waals surface area contributed by atoms with Crippen LogP contribution in [0.25, 0.3) is 11.3 Å². The van der Waals surface area contributed by atoms with Crippen molar-refractivity contribution in [2.24, 2.45) is 4.99 Å². The number of fused-ring (bicyclic) bond motifs is 1. The van der Waals surface area contributed by atoms with Gasteiger partial charge in [0.05, 0.1) is 22.4 Å². The number of carbonyl (C=O) groups is 2. The summed E-state index contributed by atoms with van der Waals surface area (Å²) in [4.78, 5) is 30.4. The van der Waals surface area contributed by atoms with Crippen molar-refractivity contribution in [1.29, 1.82) is 0 Å². The molecular weight excluding hydrogens is 496 g/mol. The van der Waals surface area contributed by atoms with Gasteiger partial charge < -0.3 is 14.8 Å². The molecule has 6 nitrogen and oxygen atoms in total. The van der Waals surface area contributed by atoms with Crippen molar-refractivity contribution in [3.05, 3.63) is 98.6 Å². The molecule has 0 atom stereocenters. The molecule has 2 aromatic heterocycles. The molecule has 5 rings (SSSR count). The van der Waals surface area contributed by atoms with Gasteiger partial charge in [-0.1, -0.05) is 41.9 Å². The zero-order valence-corrected chi connectivity index (χ0v) is 20.9. The molecule has 36 heavy (non-hydrogen) atoms. The number of carboxylic acids is 1. The van der Waals surface area contributed by atoms with Crippen LogP contribution in [0.1, 0.15) is 55.3 Å². The molecule has 0 aliphatic heterocycles. The number of halogens is 1. The SMILES string of the molecule is O=C(O)c1ccc(Cl)c(-c2ccc(C=Nc3sc4c(c3C(=O)NCc3ccccc3)CCCC4)o2)c1. The van der Waals surface area contributed by atoms with Crippen LogP contribution in [-0.4, -0.2) is 23.2 Å². The third kappa shape index (κ3) is 5.12. The third-order valence-corrected chi connectivity index (χ3v) is 7.62. The molecule has 0 bridgehead atoms. The van der Waals surface area contributed by atoms with Crippen LogP contribution in [0.3, 0.4) is 0 Å². The number of aromatic carboxylic acids is 1. The van der Waals surface area contributed by atoms with E-state index in [0.29, 0.717) is 39.2 Å². The highest BCUT2D eigenvalue weighted by molar-refractivity contribution is 7.16. The van der Waals surface area contributed by atoms with Crippen LogP contribution < -0.4 is 5.32 Å². The lowest BCUT2D eigenvalue weighted by Crippen LogP contribution is -2.24. The van der Waals surface area contributed by atoms with E-state index < -0.39 is 5.97 Å². The van der Waals surface area contributed by atoms with Crippen molar-refractivity contribution in [2.45, 2.75) is 32.2 Å². The maximum absolute atomic E-state index is 13.2. The van der Waals surface area contributed by atoms with Crippen LogP contribution in [0, 0.1) is 0 Å². The monoisotopic (exact) mass is 518 g/mol. The summed E-state index contributed by atoms with van der Waals surface area (Å²) in [7, 11) is 0. The number of rotatable bonds is 7. The molecular formula is C28H23ClN2O4S. The van der Waals surface area contributed by atoms with Crippen LogP contribution in [0.2, 0.25) is 5.02 Å². The minimum atomic E-state index is -1.04. The molecule has 2 N–H and O–H groups in total. The molecule has 1 amide bonds. The number of nitrogens with one attached hydrogen (secondary N) is 1. The van der Waals surface area contributed by atoms with Crippen LogP contribution in [0.15, 0.2) is 70.1 Å². The molecule has 1 aliphatic carbocycles. The van der Waals surface area contributed by atoms with Gasteiger partial charge in [-0.2, -0.15) is 0 Å². The molecule has 8 heteroatoms. The number of amides is 1. The van der Waals surface area contributed by atoms with Crippen molar-refractivity contribution in [2.75, 3.05) is 0 Å². The van der Waals surface area contributed by atoms with Gasteiger partial charge in [0.25, 0.3) is 5.91 Å². The zero-order chi connectivity index (χ0) is 25.1. The minimum Gasteiger partial charge on any atom is -0.478 e. The number of benzene rings is 2. The number of furan rings is 1. The fourth-order valence-corrected chi connectivity index (χ4v) is 5.72. The summed E-state index contributed by atoms with van der Waals surface area (Å²) in [6.07, 6.45) is 5.59. The van der Waals surface area contributed by atoms with E-state index in [1.165, 1.54) is 23.1 Å². The summed E-state index contributed by atoms with van der Waals surface area (Å²) >= 11 is 7.83. The quantitative estimate of drug-likeness (QED) is 0.260. The number of carboxylic acid groups (broad SMARTS) is 1. The highest BCUT2D eigenvalue weighted by Gasteiger charge is 2.25. The molecule has 2 heterocycles. The second-order valence-electron chi connectivity index (χ2n) is 8.52.